The Kier molecular flexibility index (Phi) is 7.24. The molecule has 2 saturated heterocycles. The molecule has 0 bridgehead atoms. The van der Waals surface area contributed by atoms with Gasteiger partial charge in [0, 0.05) is 79.3 Å². The van der Waals surface area contributed by atoms with Gasteiger partial charge in [-0.1, -0.05) is 0 Å². The number of halogens is 1. The summed E-state index contributed by atoms with van der Waals surface area (Å²) in [4.78, 5) is 25.1. The van der Waals surface area contributed by atoms with Gasteiger partial charge in [0.1, 0.15) is 5.52 Å². The van der Waals surface area contributed by atoms with E-state index >= 15 is 0 Å². The minimum Gasteiger partial charge on any atom is -0.463 e. The van der Waals surface area contributed by atoms with Crippen molar-refractivity contribution in [1.82, 2.24) is 25.1 Å². The molecule has 1 unspecified atom stereocenters. The van der Waals surface area contributed by atoms with Crippen molar-refractivity contribution in [1.29, 1.82) is 0 Å². The number of carbonyl (C=O) groups is 1. The molecule has 2 aliphatic rings. The minimum absolute atomic E-state index is 0.217. The summed E-state index contributed by atoms with van der Waals surface area (Å²) in [6.07, 6.45) is 5.48. The number of benzene rings is 2. The lowest BCUT2D eigenvalue weighted by atomic mass is 10.0. The number of rotatable bonds is 6. The molecule has 0 saturated carbocycles. The van der Waals surface area contributed by atoms with Gasteiger partial charge in [-0.05, 0) is 51.0 Å². The highest BCUT2D eigenvalue weighted by atomic mass is 19.1. The Labute approximate surface area is 231 Å². The summed E-state index contributed by atoms with van der Waals surface area (Å²) in [6, 6.07) is 7.53. The summed E-state index contributed by atoms with van der Waals surface area (Å²) in [5.74, 6) is -0.616. The number of anilines is 2. The third-order valence-corrected chi connectivity index (χ3v) is 7.49. The van der Waals surface area contributed by atoms with E-state index in [1.54, 1.807) is 36.3 Å². The molecule has 2 aliphatic heterocycles. The lowest BCUT2D eigenvalue weighted by Gasteiger charge is -2.38. The number of nitrogens with one attached hydrogen (secondary N) is 2. The van der Waals surface area contributed by atoms with Crippen molar-refractivity contribution in [2.75, 3.05) is 43.1 Å². The smallest absolute Gasteiger partial charge is 0.316 e. The van der Waals surface area contributed by atoms with Crippen molar-refractivity contribution in [3.63, 3.8) is 0 Å². The summed E-state index contributed by atoms with van der Waals surface area (Å²) < 4.78 is 27.8. The number of aromatic nitrogens is 4. The first-order valence-corrected chi connectivity index (χ1v) is 13.8. The van der Waals surface area contributed by atoms with Crippen LogP contribution in [0.4, 0.5) is 15.8 Å². The monoisotopic (exact) mass is 547 g/mol. The summed E-state index contributed by atoms with van der Waals surface area (Å²) in [5, 5.41) is 11.9. The Morgan fingerprint density at radius 3 is 2.83 bits per heavy atom. The topological polar surface area (TPSA) is 106 Å². The fourth-order valence-electron chi connectivity index (χ4n) is 5.76. The van der Waals surface area contributed by atoms with Crippen molar-refractivity contribution in [2.45, 2.75) is 38.8 Å². The van der Waals surface area contributed by atoms with Crippen molar-refractivity contribution < 1.29 is 18.7 Å². The Morgan fingerprint density at radius 2 is 2.05 bits per heavy atom. The Bertz CT molecular complexity index is 1540. The van der Waals surface area contributed by atoms with E-state index in [9.17, 15) is 9.18 Å². The van der Waals surface area contributed by atoms with Gasteiger partial charge >= 0.3 is 6.01 Å². The standard InChI is InChI=1S/C29H34FN7O3/c1-17-12-37(13-18(2)32-17)25-7-6-22(28(38)33-21-9-20-14-36(3)35-26(20)24(30)10-21)27-23(25)11-31-29(34-27)40-16-19-5-4-8-39-15-19/h6-7,9-11,14,17-19,32H,4-5,8,12-13,15-16H2,1-3H3,(H,33,38)/t17-,18+,19?. The van der Waals surface area contributed by atoms with Crippen LogP contribution in [0.2, 0.25) is 0 Å². The largest absolute Gasteiger partial charge is 0.463 e. The number of amides is 1. The first-order valence-electron chi connectivity index (χ1n) is 13.8. The molecule has 0 aliphatic carbocycles. The predicted octanol–water partition coefficient (Wildman–Crippen LogP) is 3.90. The van der Waals surface area contributed by atoms with Gasteiger partial charge in [-0.3, -0.25) is 9.48 Å². The fraction of sp³-hybridized carbons (Fsp3) is 0.448. The summed E-state index contributed by atoms with van der Waals surface area (Å²) >= 11 is 0. The van der Waals surface area contributed by atoms with Crippen molar-refractivity contribution in [3.05, 3.63) is 48.0 Å². The number of aryl methyl sites for hydroxylation is 1. The molecule has 2 fully saturated rings. The Morgan fingerprint density at radius 1 is 1.23 bits per heavy atom. The van der Waals surface area contributed by atoms with Gasteiger partial charge in [0.2, 0.25) is 0 Å². The second-order valence-corrected chi connectivity index (χ2v) is 11.0. The first-order chi connectivity index (χ1) is 19.3. The van der Waals surface area contributed by atoms with Gasteiger partial charge in [0.05, 0.1) is 24.3 Å². The lowest BCUT2D eigenvalue weighted by Crippen LogP contribution is -2.54. The Hall–Kier alpha value is -3.83. The van der Waals surface area contributed by atoms with E-state index in [-0.39, 0.29) is 17.4 Å². The maximum absolute atomic E-state index is 14.7. The maximum atomic E-state index is 14.7. The number of hydrogen-bond acceptors (Lipinski definition) is 8. The minimum atomic E-state index is -0.500. The van der Waals surface area contributed by atoms with Crippen LogP contribution in [0.25, 0.3) is 21.8 Å². The van der Waals surface area contributed by atoms with Crippen LogP contribution in [0.15, 0.2) is 36.7 Å². The number of fused-ring (bicyclic) bond motifs is 2. The first kappa shape index (κ1) is 26.4. The fourth-order valence-corrected chi connectivity index (χ4v) is 5.76. The van der Waals surface area contributed by atoms with Crippen LogP contribution in [0.1, 0.15) is 37.0 Å². The quantitative estimate of drug-likeness (QED) is 0.375. The number of carbonyl (C=O) groups excluding carboxylic acids is 1. The normalized spacial score (nSPS) is 21.6. The zero-order valence-electron chi connectivity index (χ0n) is 23.0. The van der Waals surface area contributed by atoms with Crippen LogP contribution in [0.3, 0.4) is 0 Å². The molecule has 6 rings (SSSR count). The van der Waals surface area contributed by atoms with Crippen molar-refractivity contribution in [2.24, 2.45) is 13.0 Å². The third kappa shape index (κ3) is 5.44. The van der Waals surface area contributed by atoms with Crippen LogP contribution in [0.5, 0.6) is 6.01 Å². The van der Waals surface area contributed by atoms with E-state index in [0.29, 0.717) is 47.5 Å². The van der Waals surface area contributed by atoms with Crippen LogP contribution >= 0.6 is 0 Å². The van der Waals surface area contributed by atoms with E-state index in [1.807, 2.05) is 6.07 Å². The molecule has 3 atom stereocenters. The highest BCUT2D eigenvalue weighted by molar-refractivity contribution is 6.14. The molecule has 10 nitrogen and oxygen atoms in total. The Balaban J connectivity index is 1.34. The number of piperazine rings is 1. The second kappa shape index (κ2) is 11.0. The summed E-state index contributed by atoms with van der Waals surface area (Å²) in [6.45, 7) is 7.83. The van der Waals surface area contributed by atoms with E-state index in [4.69, 9.17) is 14.5 Å². The van der Waals surface area contributed by atoms with Crippen LogP contribution < -0.4 is 20.3 Å². The second-order valence-electron chi connectivity index (χ2n) is 11.0. The lowest BCUT2D eigenvalue weighted by molar-refractivity contribution is 0.0336. The van der Waals surface area contributed by atoms with E-state index in [0.717, 1.165) is 43.6 Å². The highest BCUT2D eigenvalue weighted by Crippen LogP contribution is 2.31. The van der Waals surface area contributed by atoms with Gasteiger partial charge < -0.3 is 25.0 Å². The molecule has 210 valence electrons. The molecule has 4 aromatic rings. The predicted molar refractivity (Wildman–Crippen MR) is 151 cm³/mol. The van der Waals surface area contributed by atoms with Crippen LogP contribution in [-0.2, 0) is 11.8 Å². The van der Waals surface area contributed by atoms with E-state index in [2.05, 4.69) is 39.5 Å². The van der Waals surface area contributed by atoms with Gasteiger partial charge in [0.25, 0.3) is 5.91 Å². The van der Waals surface area contributed by atoms with Crippen molar-refractivity contribution in [3.8, 4) is 6.01 Å². The number of hydrogen-bond donors (Lipinski definition) is 2. The average molecular weight is 548 g/mol. The molecule has 2 aromatic heterocycles. The zero-order valence-corrected chi connectivity index (χ0v) is 23.0. The van der Waals surface area contributed by atoms with E-state index in [1.165, 1.54) is 6.07 Å². The van der Waals surface area contributed by atoms with Gasteiger partial charge in [-0.25, -0.2) is 9.37 Å². The third-order valence-electron chi connectivity index (χ3n) is 7.49. The van der Waals surface area contributed by atoms with Crippen LogP contribution in [-0.4, -0.2) is 70.6 Å². The molecular formula is C29H34FN7O3. The summed E-state index contributed by atoms with van der Waals surface area (Å²) in [7, 11) is 1.73. The SMILES string of the molecule is C[C@@H]1CN(c2ccc(C(=O)Nc3cc(F)c4nn(C)cc4c3)c3nc(OCC4CCCOC4)ncc23)C[C@H](C)N1. The molecule has 2 aromatic carbocycles. The molecule has 1 amide bonds. The molecule has 4 heterocycles. The molecule has 0 radical (unpaired) electrons. The van der Waals surface area contributed by atoms with Crippen molar-refractivity contribution >= 4 is 39.1 Å². The molecule has 11 heteroatoms. The molecule has 0 spiro atoms. The van der Waals surface area contributed by atoms with Gasteiger partial charge in [-0.2, -0.15) is 10.1 Å². The molecule has 40 heavy (non-hydrogen) atoms. The highest BCUT2D eigenvalue weighted by Gasteiger charge is 2.25. The van der Waals surface area contributed by atoms with Gasteiger partial charge in [0.15, 0.2) is 5.82 Å². The maximum Gasteiger partial charge on any atom is 0.316 e. The number of nitrogens with zero attached hydrogens (tertiary/aromatic N) is 5. The average Bonchev–Trinajstić information content (AvgIpc) is 3.32. The van der Waals surface area contributed by atoms with Gasteiger partial charge in [-0.15, -0.1) is 0 Å². The van der Waals surface area contributed by atoms with Crippen LogP contribution in [0, 0.1) is 11.7 Å². The number of ether oxygens (including phenoxy) is 2. The molecular weight excluding hydrogens is 513 g/mol. The zero-order chi connectivity index (χ0) is 27.8. The summed E-state index contributed by atoms with van der Waals surface area (Å²) in [5.41, 5.74) is 2.40. The van der Waals surface area contributed by atoms with E-state index < -0.39 is 11.7 Å². The molecule has 2 N–H and O–H groups in total.